The van der Waals surface area contributed by atoms with Gasteiger partial charge in [0.1, 0.15) is 0 Å². The Labute approximate surface area is 136 Å². The van der Waals surface area contributed by atoms with Crippen LogP contribution in [0.4, 0.5) is 17.3 Å². The molecule has 0 nitrogen and oxygen atoms in total. The minimum Gasteiger partial charge on any atom is -0.418 e. The standard InChI is InChI=1S/C16H37P.BF4/c1-5-9-13-17(14-10-6-2,15-11-7-3)16-12-8-4;2-1(3,4)5/h17H,5-16H2,1-4H3;/q;-1. The van der Waals surface area contributed by atoms with Crippen LogP contribution < -0.4 is 0 Å². The van der Waals surface area contributed by atoms with E-state index in [2.05, 4.69) is 27.7 Å². The first-order chi connectivity index (χ1) is 10.2. The summed E-state index contributed by atoms with van der Waals surface area (Å²) in [4.78, 5) is 0. The summed E-state index contributed by atoms with van der Waals surface area (Å²) in [6.45, 7) is 9.44. The Kier molecular flexibility index (Phi) is 16.4. The molecule has 0 amide bonds. The van der Waals surface area contributed by atoms with Gasteiger partial charge in [-0.1, -0.05) is 0 Å². The molecule has 0 aromatic heterocycles. The monoisotopic (exact) mass is 347 g/mol. The van der Waals surface area contributed by atoms with Crippen LogP contribution in [0.3, 0.4) is 0 Å². The minimum atomic E-state index is -6.00. The van der Waals surface area contributed by atoms with E-state index in [4.69, 9.17) is 0 Å². The fourth-order valence-corrected chi connectivity index (χ4v) is 8.87. The van der Waals surface area contributed by atoms with Crippen LogP contribution in [0.5, 0.6) is 0 Å². The number of hydrogen-bond acceptors (Lipinski definition) is 0. The second-order valence-electron chi connectivity index (χ2n) is 6.41. The molecular weight excluding hydrogens is 310 g/mol. The van der Waals surface area contributed by atoms with Crippen molar-refractivity contribution in [3.8, 4) is 0 Å². The molecule has 0 N–H and O–H groups in total. The van der Waals surface area contributed by atoms with Gasteiger partial charge in [0, 0.05) is 0 Å². The first-order valence-corrected chi connectivity index (χ1v) is 11.9. The summed E-state index contributed by atoms with van der Waals surface area (Å²) in [5.74, 6) is 0. The Hall–Kier alpha value is 0.215. The van der Waals surface area contributed by atoms with Crippen LogP contribution in [0, 0.1) is 0 Å². The average molecular weight is 347 g/mol. The third-order valence-corrected chi connectivity index (χ3v) is 9.90. The number of rotatable bonds is 12. The predicted molar refractivity (Wildman–Crippen MR) is 97.6 cm³/mol. The van der Waals surface area contributed by atoms with Gasteiger partial charge in [-0.2, -0.15) is 0 Å². The van der Waals surface area contributed by atoms with Gasteiger partial charge in [0.05, 0.1) is 0 Å². The molecule has 0 aliphatic carbocycles. The second kappa shape index (κ2) is 14.8. The molecule has 138 valence electrons. The summed E-state index contributed by atoms with van der Waals surface area (Å²) in [5, 5.41) is 0. The first-order valence-electron chi connectivity index (χ1n) is 9.12. The van der Waals surface area contributed by atoms with Crippen molar-refractivity contribution >= 4 is 14.5 Å². The fraction of sp³-hybridized carbons (Fsp3) is 1.00. The van der Waals surface area contributed by atoms with E-state index in [0.29, 0.717) is 0 Å². The molecule has 0 saturated heterocycles. The van der Waals surface area contributed by atoms with Crippen molar-refractivity contribution in [1.29, 1.82) is 0 Å². The van der Waals surface area contributed by atoms with Crippen LogP contribution in [0.1, 0.15) is 79.1 Å². The van der Waals surface area contributed by atoms with Gasteiger partial charge >= 0.3 is 118 Å². The number of unbranched alkanes of at least 4 members (excludes halogenated alkanes) is 4. The molecule has 0 atom stereocenters. The average Bonchev–Trinajstić information content (AvgIpc) is 2.44. The van der Waals surface area contributed by atoms with Gasteiger partial charge in [-0.3, -0.25) is 0 Å². The molecule has 0 aliphatic rings. The largest absolute Gasteiger partial charge is 0.673 e. The van der Waals surface area contributed by atoms with Crippen molar-refractivity contribution in [2.75, 3.05) is 24.6 Å². The molecule has 6 heteroatoms. The quantitative estimate of drug-likeness (QED) is 0.198. The molecule has 22 heavy (non-hydrogen) atoms. The topological polar surface area (TPSA) is 0 Å². The molecule has 0 spiro atoms. The Balaban J connectivity index is 0. The van der Waals surface area contributed by atoms with E-state index in [1.54, 1.807) is 24.6 Å². The summed E-state index contributed by atoms with van der Waals surface area (Å²) < 4.78 is 39.0. The normalized spacial score (nSPS) is 12.7. The van der Waals surface area contributed by atoms with E-state index in [-0.39, 0.29) is 0 Å². The van der Waals surface area contributed by atoms with E-state index in [9.17, 15) is 17.3 Å². The molecule has 0 aromatic carbocycles. The van der Waals surface area contributed by atoms with Crippen LogP contribution in [-0.2, 0) is 0 Å². The third kappa shape index (κ3) is 18.3. The number of hydrogen-bond donors (Lipinski definition) is 0. The maximum Gasteiger partial charge on any atom is 0.673 e. The molecule has 0 radical (unpaired) electrons. The van der Waals surface area contributed by atoms with Crippen molar-refractivity contribution in [2.24, 2.45) is 0 Å². The molecule has 0 aromatic rings. The smallest absolute Gasteiger partial charge is 0.418 e. The van der Waals surface area contributed by atoms with Crippen molar-refractivity contribution in [3.05, 3.63) is 0 Å². The molecule has 0 bridgehead atoms. The molecule has 0 saturated carbocycles. The third-order valence-electron chi connectivity index (χ3n) is 4.24. The number of halogens is 4. The van der Waals surface area contributed by atoms with Crippen LogP contribution in [0.15, 0.2) is 0 Å². The van der Waals surface area contributed by atoms with Gasteiger partial charge in [-0.25, -0.2) is 0 Å². The van der Waals surface area contributed by atoms with E-state index in [0.717, 1.165) is 0 Å². The predicted octanol–water partition coefficient (Wildman–Crippen LogP) is 7.24. The fourth-order valence-electron chi connectivity index (χ4n) is 2.96. The minimum absolute atomic E-state index is 0.879. The maximum absolute atomic E-state index is 9.75. The van der Waals surface area contributed by atoms with Crippen LogP contribution >= 0.6 is 7.26 Å². The van der Waals surface area contributed by atoms with Gasteiger partial charge in [-0.05, 0) is 0 Å². The Morgan fingerprint density at radius 2 is 0.727 bits per heavy atom. The van der Waals surface area contributed by atoms with Gasteiger partial charge in [0.15, 0.2) is 0 Å². The van der Waals surface area contributed by atoms with Gasteiger partial charge in [0.2, 0.25) is 0 Å². The van der Waals surface area contributed by atoms with Gasteiger partial charge < -0.3 is 17.3 Å². The Morgan fingerprint density at radius 1 is 0.545 bits per heavy atom. The summed E-state index contributed by atoms with van der Waals surface area (Å²) in [7, 11) is -6.88. The summed E-state index contributed by atoms with van der Waals surface area (Å²) >= 11 is 0. The molecule has 0 fully saturated rings. The van der Waals surface area contributed by atoms with Gasteiger partial charge in [0.25, 0.3) is 0 Å². The van der Waals surface area contributed by atoms with Gasteiger partial charge in [-0.15, -0.1) is 0 Å². The second-order valence-corrected chi connectivity index (χ2v) is 11.4. The Bertz CT molecular complexity index is 191. The first kappa shape index (κ1) is 24.5. The summed E-state index contributed by atoms with van der Waals surface area (Å²) in [5.41, 5.74) is 0. The zero-order valence-corrected chi connectivity index (χ0v) is 16.1. The van der Waals surface area contributed by atoms with Crippen LogP contribution in [0.25, 0.3) is 0 Å². The van der Waals surface area contributed by atoms with Crippen LogP contribution in [0.2, 0.25) is 0 Å². The van der Waals surface area contributed by atoms with Crippen molar-refractivity contribution in [3.63, 3.8) is 0 Å². The van der Waals surface area contributed by atoms with E-state index in [1.807, 2.05) is 0 Å². The van der Waals surface area contributed by atoms with Crippen molar-refractivity contribution in [1.82, 2.24) is 0 Å². The van der Waals surface area contributed by atoms with E-state index < -0.39 is 14.5 Å². The Morgan fingerprint density at radius 3 is 0.864 bits per heavy atom. The summed E-state index contributed by atoms with van der Waals surface area (Å²) in [6.07, 6.45) is 18.1. The molecule has 0 heterocycles. The van der Waals surface area contributed by atoms with E-state index in [1.165, 1.54) is 51.4 Å². The maximum atomic E-state index is 9.75. The van der Waals surface area contributed by atoms with Crippen molar-refractivity contribution in [2.45, 2.75) is 79.1 Å². The SMILES string of the molecule is CCCC[PH](CCCC)(CCCC)CCCC.F[B-](F)(F)F. The zero-order chi connectivity index (χ0) is 17.5. The molecular formula is C16H37BF4P-. The van der Waals surface area contributed by atoms with E-state index >= 15 is 0 Å². The molecule has 0 rings (SSSR count). The van der Waals surface area contributed by atoms with Crippen LogP contribution in [-0.4, -0.2) is 31.9 Å². The van der Waals surface area contributed by atoms with Crippen molar-refractivity contribution < 1.29 is 17.3 Å². The molecule has 0 aliphatic heterocycles. The molecule has 0 unspecified atom stereocenters. The zero-order valence-electron chi connectivity index (χ0n) is 15.1. The summed E-state index contributed by atoms with van der Waals surface area (Å²) in [6, 6.07) is 0.